The van der Waals surface area contributed by atoms with E-state index in [1.807, 2.05) is 0 Å². The zero-order valence-electron chi connectivity index (χ0n) is 13.4. The number of anilines is 1. The second kappa shape index (κ2) is 6.94. The van der Waals surface area contributed by atoms with Crippen LogP contribution in [0.15, 0.2) is 24.7 Å². The van der Waals surface area contributed by atoms with Crippen LogP contribution in [0.5, 0.6) is 0 Å². The highest BCUT2D eigenvalue weighted by Crippen LogP contribution is 2.32. The first-order valence-corrected chi connectivity index (χ1v) is 9.40. The molecule has 0 fully saturated rings. The fourth-order valence-electron chi connectivity index (χ4n) is 2.21. The zero-order valence-corrected chi connectivity index (χ0v) is 15.0. The number of hydrogen-bond donors (Lipinski definition) is 0. The van der Waals surface area contributed by atoms with Crippen molar-refractivity contribution in [2.75, 3.05) is 24.0 Å². The van der Waals surface area contributed by atoms with Gasteiger partial charge in [-0.2, -0.15) is 0 Å². The number of thiazole rings is 1. The van der Waals surface area contributed by atoms with Crippen LogP contribution in [-0.4, -0.2) is 39.5 Å². The van der Waals surface area contributed by atoms with Crippen molar-refractivity contribution in [1.29, 1.82) is 0 Å². The van der Waals surface area contributed by atoms with E-state index in [1.54, 1.807) is 33.3 Å². The highest BCUT2D eigenvalue weighted by molar-refractivity contribution is 7.90. The van der Waals surface area contributed by atoms with Crippen LogP contribution >= 0.6 is 11.3 Å². The Hall–Kier alpha value is -1.51. The lowest BCUT2D eigenvalue weighted by atomic mass is 9.94. The van der Waals surface area contributed by atoms with Gasteiger partial charge in [-0.15, -0.1) is 0 Å². The van der Waals surface area contributed by atoms with Gasteiger partial charge in [-0.1, -0.05) is 22.5 Å². The minimum atomic E-state index is -1.07. The Balaban J connectivity index is 2.21. The van der Waals surface area contributed by atoms with Gasteiger partial charge in [0.25, 0.3) is 0 Å². The minimum Gasteiger partial charge on any atom is -0.617 e. The molecule has 0 aliphatic rings. The van der Waals surface area contributed by atoms with Crippen LogP contribution in [-0.2, 0) is 16.0 Å². The normalized spacial score (nSPS) is 13.0. The molecule has 1 amide bonds. The van der Waals surface area contributed by atoms with E-state index in [1.165, 1.54) is 28.5 Å². The van der Waals surface area contributed by atoms with Crippen LogP contribution in [0.3, 0.4) is 0 Å². The molecule has 124 valence electrons. The fraction of sp³-hybridized carbons (Fsp3) is 0.400. The first-order chi connectivity index (χ1) is 10.7. The number of nitrogens with zero attached hydrogens (tertiary/aromatic N) is 3. The summed E-state index contributed by atoms with van der Waals surface area (Å²) in [5.74, 6) is -0.286. The minimum absolute atomic E-state index is 0.139. The van der Waals surface area contributed by atoms with E-state index in [0.717, 1.165) is 6.20 Å². The lowest BCUT2D eigenvalue weighted by Gasteiger charge is -2.27. The summed E-state index contributed by atoms with van der Waals surface area (Å²) in [7, 11) is 1.66. The van der Waals surface area contributed by atoms with E-state index in [0.29, 0.717) is 15.6 Å². The predicted molar refractivity (Wildman–Crippen MR) is 91.4 cm³/mol. The number of halogens is 1. The smallest absolute Gasteiger partial charge is 0.237 e. The fourth-order valence-corrected chi connectivity index (χ4v) is 4.20. The number of carbonyl (C=O) groups is 1. The van der Waals surface area contributed by atoms with Gasteiger partial charge < -0.3 is 9.45 Å². The molecule has 2 heterocycles. The van der Waals surface area contributed by atoms with E-state index in [4.69, 9.17) is 0 Å². The maximum Gasteiger partial charge on any atom is 0.237 e. The maximum absolute atomic E-state index is 13.2. The van der Waals surface area contributed by atoms with E-state index in [9.17, 15) is 13.7 Å². The van der Waals surface area contributed by atoms with E-state index in [2.05, 4.69) is 9.97 Å². The molecule has 1 atom stereocenters. The van der Waals surface area contributed by atoms with Gasteiger partial charge in [-0.25, -0.2) is 9.37 Å². The van der Waals surface area contributed by atoms with Crippen LogP contribution in [0.2, 0.25) is 0 Å². The monoisotopic (exact) mass is 355 g/mol. The molecule has 0 radical (unpaired) electrons. The molecule has 23 heavy (non-hydrogen) atoms. The van der Waals surface area contributed by atoms with Crippen LogP contribution in [0.4, 0.5) is 9.39 Å². The molecule has 2 rings (SSSR count). The lowest BCUT2D eigenvalue weighted by Crippen LogP contribution is -2.42. The molecule has 2 aromatic heterocycles. The van der Waals surface area contributed by atoms with Crippen molar-refractivity contribution < 1.29 is 13.7 Å². The maximum atomic E-state index is 13.2. The summed E-state index contributed by atoms with van der Waals surface area (Å²) in [4.78, 5) is 22.1. The zero-order chi connectivity index (χ0) is 17.2. The molecule has 1 unspecified atom stereocenters. The second-order valence-electron chi connectivity index (χ2n) is 5.86. The molecule has 0 saturated carbocycles. The first-order valence-electron chi connectivity index (χ1n) is 6.85. The summed E-state index contributed by atoms with van der Waals surface area (Å²) < 4.78 is 24.7. The molecule has 0 spiro atoms. The van der Waals surface area contributed by atoms with Gasteiger partial charge in [0.15, 0.2) is 0 Å². The number of amides is 1. The molecule has 5 nitrogen and oxygen atoms in total. The van der Waals surface area contributed by atoms with E-state index < -0.39 is 22.4 Å². The van der Waals surface area contributed by atoms with Gasteiger partial charge in [0, 0.05) is 18.8 Å². The Morgan fingerprint density at radius 1 is 1.43 bits per heavy atom. The van der Waals surface area contributed by atoms with Crippen molar-refractivity contribution in [3.8, 4) is 10.6 Å². The average molecular weight is 355 g/mol. The molecule has 0 bridgehead atoms. The molecule has 0 aromatic carbocycles. The molecular formula is C15H18FN3O2S2. The number of carbonyl (C=O) groups excluding carboxylic acids is 1. The van der Waals surface area contributed by atoms with Crippen molar-refractivity contribution in [3.63, 3.8) is 0 Å². The second-order valence-corrected chi connectivity index (χ2v) is 8.31. The predicted octanol–water partition coefficient (Wildman–Crippen LogP) is 2.71. The Morgan fingerprint density at radius 3 is 2.74 bits per heavy atom. The van der Waals surface area contributed by atoms with Crippen molar-refractivity contribution in [2.45, 2.75) is 13.8 Å². The van der Waals surface area contributed by atoms with Gasteiger partial charge in [0.1, 0.15) is 21.6 Å². The highest BCUT2D eigenvalue weighted by Gasteiger charge is 2.35. The summed E-state index contributed by atoms with van der Waals surface area (Å²) in [6.45, 7) is 3.54. The van der Waals surface area contributed by atoms with Gasteiger partial charge in [0.05, 0.1) is 24.1 Å². The molecular weight excluding hydrogens is 337 g/mol. The standard InChI is InChI=1S/C15H18FN3O2S2/c1-15(2,9-23(4)21)14(20)19(3)12-8-18-13(22-12)10-5-11(16)7-17-6-10/h5-8H,9H2,1-4H3. The Kier molecular flexibility index (Phi) is 5.38. The number of rotatable bonds is 5. The number of pyridine rings is 1. The largest absolute Gasteiger partial charge is 0.617 e. The summed E-state index contributed by atoms with van der Waals surface area (Å²) in [5.41, 5.74) is -0.171. The van der Waals surface area contributed by atoms with Crippen LogP contribution in [0.25, 0.3) is 10.6 Å². The summed E-state index contributed by atoms with van der Waals surface area (Å²) in [6.07, 6.45) is 5.80. The van der Waals surface area contributed by atoms with Crippen LogP contribution in [0.1, 0.15) is 13.8 Å². The topological polar surface area (TPSA) is 69.2 Å². The molecule has 2 aromatic rings. The van der Waals surface area contributed by atoms with E-state index in [-0.39, 0.29) is 11.7 Å². The summed E-state index contributed by atoms with van der Waals surface area (Å²) in [6, 6.07) is 1.35. The van der Waals surface area contributed by atoms with Crippen molar-refractivity contribution >= 4 is 33.4 Å². The molecule has 0 aliphatic heterocycles. The Bertz CT molecular complexity index is 704. The van der Waals surface area contributed by atoms with Crippen molar-refractivity contribution in [2.24, 2.45) is 5.41 Å². The van der Waals surface area contributed by atoms with Gasteiger partial charge >= 0.3 is 0 Å². The van der Waals surface area contributed by atoms with Gasteiger partial charge in [0.2, 0.25) is 5.91 Å². The Morgan fingerprint density at radius 2 is 2.13 bits per heavy atom. The third-order valence-electron chi connectivity index (χ3n) is 3.22. The third-order valence-corrected chi connectivity index (χ3v) is 5.47. The lowest BCUT2D eigenvalue weighted by molar-refractivity contribution is -0.125. The third kappa shape index (κ3) is 4.27. The number of hydrogen-bond acceptors (Lipinski definition) is 5. The summed E-state index contributed by atoms with van der Waals surface area (Å²) in [5, 5.41) is 1.23. The van der Waals surface area contributed by atoms with E-state index >= 15 is 0 Å². The van der Waals surface area contributed by atoms with Crippen LogP contribution in [0, 0.1) is 11.2 Å². The average Bonchev–Trinajstić information content (AvgIpc) is 2.94. The quantitative estimate of drug-likeness (QED) is 0.773. The number of aromatic nitrogens is 2. The molecule has 0 saturated heterocycles. The molecule has 0 aliphatic carbocycles. The molecule has 8 heteroatoms. The van der Waals surface area contributed by atoms with Gasteiger partial charge in [-0.05, 0) is 19.9 Å². The highest BCUT2D eigenvalue weighted by atomic mass is 32.2. The molecule has 0 N–H and O–H groups in total. The van der Waals surface area contributed by atoms with Crippen molar-refractivity contribution in [1.82, 2.24) is 9.97 Å². The summed E-state index contributed by atoms with van der Waals surface area (Å²) >= 11 is 0.212. The van der Waals surface area contributed by atoms with Crippen LogP contribution < -0.4 is 4.90 Å². The van der Waals surface area contributed by atoms with Gasteiger partial charge in [-0.3, -0.25) is 9.78 Å². The Labute approximate surface area is 141 Å². The SMILES string of the molecule is CN(C(=O)C(C)(C)C[S+](C)[O-])c1cnc(-c2cncc(F)c2)s1. The van der Waals surface area contributed by atoms with Crippen molar-refractivity contribution in [3.05, 3.63) is 30.5 Å². The first kappa shape index (κ1) is 17.8.